The summed E-state index contributed by atoms with van der Waals surface area (Å²) in [5, 5.41) is 3.01. The molecule has 0 spiro atoms. The first-order valence-corrected chi connectivity index (χ1v) is 8.27. The van der Waals surface area contributed by atoms with Crippen LogP contribution in [0.15, 0.2) is 22.7 Å². The number of benzene rings is 1. The van der Waals surface area contributed by atoms with Gasteiger partial charge in [0.2, 0.25) is 0 Å². The van der Waals surface area contributed by atoms with Gasteiger partial charge in [0.15, 0.2) is 0 Å². The lowest BCUT2D eigenvalue weighted by Crippen LogP contribution is -2.44. The van der Waals surface area contributed by atoms with Crippen LogP contribution in [0.4, 0.5) is 0 Å². The van der Waals surface area contributed by atoms with Gasteiger partial charge in [-0.2, -0.15) is 0 Å². The van der Waals surface area contributed by atoms with E-state index in [0.717, 1.165) is 17.6 Å². The Kier molecular flexibility index (Phi) is 6.06. The molecule has 1 saturated heterocycles. The first-order chi connectivity index (χ1) is 10.1. The van der Waals surface area contributed by atoms with Crippen molar-refractivity contribution in [1.82, 2.24) is 10.2 Å². The number of halogens is 1. The number of nitrogens with one attached hydrogen (secondary N) is 1. The van der Waals surface area contributed by atoms with Crippen LogP contribution >= 0.6 is 15.9 Å². The summed E-state index contributed by atoms with van der Waals surface area (Å²) in [4.78, 5) is 14.7. The first kappa shape index (κ1) is 16.3. The Morgan fingerprint density at radius 2 is 2.10 bits per heavy atom. The van der Waals surface area contributed by atoms with Crippen molar-refractivity contribution in [3.05, 3.63) is 28.2 Å². The van der Waals surface area contributed by atoms with Gasteiger partial charge in [-0.15, -0.1) is 0 Å². The van der Waals surface area contributed by atoms with Crippen LogP contribution in [0.2, 0.25) is 0 Å². The summed E-state index contributed by atoms with van der Waals surface area (Å²) in [6.07, 6.45) is 3.85. The molecule has 0 radical (unpaired) electrons. The number of piperidine rings is 1. The molecule has 1 aromatic rings. The number of amides is 1. The zero-order valence-corrected chi connectivity index (χ0v) is 14.3. The number of rotatable bonds is 5. The van der Waals surface area contributed by atoms with Gasteiger partial charge >= 0.3 is 0 Å². The maximum absolute atomic E-state index is 12.3. The number of hydrogen-bond donors (Lipinski definition) is 1. The van der Waals surface area contributed by atoms with E-state index in [1.54, 1.807) is 13.2 Å². The minimum absolute atomic E-state index is 0.0804. The zero-order chi connectivity index (χ0) is 15.2. The molecule has 1 aliphatic rings. The van der Waals surface area contributed by atoms with Crippen LogP contribution in [0.1, 0.15) is 36.5 Å². The molecule has 116 valence electrons. The fourth-order valence-electron chi connectivity index (χ4n) is 2.68. The van der Waals surface area contributed by atoms with Crippen LogP contribution in [-0.2, 0) is 0 Å². The Morgan fingerprint density at radius 3 is 2.76 bits per heavy atom. The third-order valence-electron chi connectivity index (χ3n) is 3.98. The molecule has 5 heteroatoms. The molecule has 1 aromatic carbocycles. The highest BCUT2D eigenvalue weighted by molar-refractivity contribution is 9.10. The van der Waals surface area contributed by atoms with Gasteiger partial charge in [-0.3, -0.25) is 9.69 Å². The molecule has 2 rings (SSSR count). The summed E-state index contributed by atoms with van der Waals surface area (Å²) in [6, 6.07) is 5.81. The molecule has 4 nitrogen and oxygen atoms in total. The zero-order valence-electron chi connectivity index (χ0n) is 12.7. The Labute approximate surface area is 135 Å². The number of hydrogen-bond acceptors (Lipinski definition) is 3. The smallest absolute Gasteiger partial charge is 0.255 e. The van der Waals surface area contributed by atoms with Gasteiger partial charge in [-0.1, -0.05) is 22.4 Å². The maximum atomic E-state index is 12.3. The monoisotopic (exact) mass is 354 g/mol. The van der Waals surface area contributed by atoms with Crippen LogP contribution in [0, 0.1) is 0 Å². The van der Waals surface area contributed by atoms with Crippen molar-refractivity contribution in [3.63, 3.8) is 0 Å². The molecule has 0 aromatic heterocycles. The van der Waals surface area contributed by atoms with Crippen molar-refractivity contribution in [3.8, 4) is 5.75 Å². The topological polar surface area (TPSA) is 41.6 Å². The normalized spacial score (nSPS) is 17.3. The fraction of sp³-hybridized carbons (Fsp3) is 0.562. The predicted octanol–water partition coefficient (Wildman–Crippen LogP) is 3.06. The van der Waals surface area contributed by atoms with Crippen molar-refractivity contribution >= 4 is 21.8 Å². The summed E-state index contributed by atoms with van der Waals surface area (Å²) < 4.78 is 6.17. The third kappa shape index (κ3) is 4.45. The van der Waals surface area contributed by atoms with Gasteiger partial charge in [-0.05, 0) is 51.1 Å². The molecule has 1 heterocycles. The van der Waals surface area contributed by atoms with Gasteiger partial charge in [0.05, 0.1) is 12.7 Å². The lowest BCUT2D eigenvalue weighted by molar-refractivity contribution is 0.0927. The molecule has 21 heavy (non-hydrogen) atoms. The summed E-state index contributed by atoms with van der Waals surface area (Å²) in [5.41, 5.74) is 0.576. The van der Waals surface area contributed by atoms with Crippen molar-refractivity contribution in [2.75, 3.05) is 26.7 Å². The largest absolute Gasteiger partial charge is 0.496 e. The number of methoxy groups -OCH3 is 1. The molecular weight excluding hydrogens is 332 g/mol. The second-order valence-electron chi connectivity index (χ2n) is 5.50. The van der Waals surface area contributed by atoms with Crippen molar-refractivity contribution < 1.29 is 9.53 Å². The number of nitrogens with zero attached hydrogens (tertiary/aromatic N) is 1. The van der Waals surface area contributed by atoms with Gasteiger partial charge in [0.1, 0.15) is 5.75 Å². The van der Waals surface area contributed by atoms with Crippen molar-refractivity contribution in [2.24, 2.45) is 0 Å². The second-order valence-corrected chi connectivity index (χ2v) is 6.42. The summed E-state index contributed by atoms with van der Waals surface area (Å²) in [5.74, 6) is 0.510. The van der Waals surface area contributed by atoms with E-state index in [-0.39, 0.29) is 5.91 Å². The standard InChI is InChI=1S/C16H23BrN2O2/c1-12(19-8-4-3-5-9-19)11-18-16(20)14-7-6-13(17)10-15(14)21-2/h6-7,10,12H,3-5,8-9,11H2,1-2H3,(H,18,20). The van der Waals surface area contributed by atoms with E-state index in [0.29, 0.717) is 23.9 Å². The molecule has 1 N–H and O–H groups in total. The average Bonchev–Trinajstić information content (AvgIpc) is 2.52. The molecular formula is C16H23BrN2O2. The molecule has 1 aliphatic heterocycles. The fourth-order valence-corrected chi connectivity index (χ4v) is 3.02. The first-order valence-electron chi connectivity index (χ1n) is 7.47. The predicted molar refractivity (Wildman–Crippen MR) is 87.9 cm³/mol. The quantitative estimate of drug-likeness (QED) is 0.883. The highest BCUT2D eigenvalue weighted by atomic mass is 79.9. The number of carbonyl (C=O) groups excluding carboxylic acids is 1. The maximum Gasteiger partial charge on any atom is 0.255 e. The lowest BCUT2D eigenvalue weighted by Gasteiger charge is -2.32. The summed E-state index contributed by atoms with van der Waals surface area (Å²) in [7, 11) is 1.58. The Hall–Kier alpha value is -1.07. The number of ether oxygens (including phenoxy) is 1. The van der Waals surface area contributed by atoms with Gasteiger partial charge in [0, 0.05) is 17.1 Å². The van der Waals surface area contributed by atoms with E-state index < -0.39 is 0 Å². The van der Waals surface area contributed by atoms with Crippen LogP contribution in [0.25, 0.3) is 0 Å². The summed E-state index contributed by atoms with van der Waals surface area (Å²) in [6.45, 7) is 5.11. The van der Waals surface area contributed by atoms with Crippen molar-refractivity contribution in [1.29, 1.82) is 0 Å². The molecule has 1 amide bonds. The molecule has 0 bridgehead atoms. The molecule has 0 saturated carbocycles. The van der Waals surface area contributed by atoms with Gasteiger partial charge in [-0.25, -0.2) is 0 Å². The average molecular weight is 355 g/mol. The van der Waals surface area contributed by atoms with E-state index in [2.05, 4.69) is 33.1 Å². The second kappa shape index (κ2) is 7.80. The lowest BCUT2D eigenvalue weighted by atomic mass is 10.1. The summed E-state index contributed by atoms with van der Waals surface area (Å²) >= 11 is 3.38. The minimum Gasteiger partial charge on any atom is -0.496 e. The van der Waals surface area contributed by atoms with E-state index in [1.165, 1.54) is 19.3 Å². The van der Waals surface area contributed by atoms with Gasteiger partial charge in [0.25, 0.3) is 5.91 Å². The minimum atomic E-state index is -0.0804. The van der Waals surface area contributed by atoms with Crippen LogP contribution in [0.5, 0.6) is 5.75 Å². The molecule has 1 unspecified atom stereocenters. The number of likely N-dealkylation sites (tertiary alicyclic amines) is 1. The van der Waals surface area contributed by atoms with E-state index in [1.807, 2.05) is 12.1 Å². The Balaban J connectivity index is 1.92. The van der Waals surface area contributed by atoms with Gasteiger partial charge < -0.3 is 10.1 Å². The third-order valence-corrected chi connectivity index (χ3v) is 4.47. The number of carbonyl (C=O) groups is 1. The van der Waals surface area contributed by atoms with Crippen molar-refractivity contribution in [2.45, 2.75) is 32.2 Å². The van der Waals surface area contributed by atoms with Crippen LogP contribution in [0.3, 0.4) is 0 Å². The van der Waals surface area contributed by atoms with E-state index >= 15 is 0 Å². The van der Waals surface area contributed by atoms with E-state index in [4.69, 9.17) is 4.74 Å². The highest BCUT2D eigenvalue weighted by Crippen LogP contribution is 2.23. The SMILES string of the molecule is COc1cc(Br)ccc1C(=O)NCC(C)N1CCCCC1. The highest BCUT2D eigenvalue weighted by Gasteiger charge is 2.18. The Bertz CT molecular complexity index is 487. The van der Waals surface area contributed by atoms with E-state index in [9.17, 15) is 4.79 Å². The molecule has 1 atom stereocenters. The molecule has 1 fully saturated rings. The molecule has 0 aliphatic carbocycles. The van der Waals surface area contributed by atoms with Crippen LogP contribution < -0.4 is 10.1 Å². The van der Waals surface area contributed by atoms with Crippen LogP contribution in [-0.4, -0.2) is 43.6 Å². The Morgan fingerprint density at radius 1 is 1.38 bits per heavy atom.